The van der Waals surface area contributed by atoms with Crippen LogP contribution < -0.4 is 10.0 Å². The molecule has 1 saturated heterocycles. The molecule has 0 spiro atoms. The third-order valence-corrected chi connectivity index (χ3v) is 5.81. The summed E-state index contributed by atoms with van der Waals surface area (Å²) < 4.78 is 32.0. The number of anilines is 1. The second kappa shape index (κ2) is 6.32. The summed E-state index contributed by atoms with van der Waals surface area (Å²) in [6.07, 6.45) is 0.750. The molecule has 3 N–H and O–H groups in total. The SMILES string of the molecule is CC(=O)Nc1nnc(S(=O)(=O)NC2(CO)CCOCC2)s1. The minimum Gasteiger partial charge on any atom is -0.394 e. The van der Waals surface area contributed by atoms with Crippen LogP contribution in [0, 0.1) is 0 Å². The minimum absolute atomic E-state index is 0.105. The molecule has 9 nitrogen and oxygen atoms in total. The van der Waals surface area contributed by atoms with E-state index in [1.54, 1.807) is 0 Å². The van der Waals surface area contributed by atoms with Gasteiger partial charge in [0.25, 0.3) is 10.0 Å². The lowest BCUT2D eigenvalue weighted by atomic mass is 9.93. The third-order valence-electron chi connectivity index (χ3n) is 3.02. The van der Waals surface area contributed by atoms with Crippen molar-refractivity contribution in [3.63, 3.8) is 0 Å². The average Bonchev–Trinajstić information content (AvgIpc) is 2.88. The molecule has 1 amide bonds. The van der Waals surface area contributed by atoms with Crippen LogP contribution >= 0.6 is 11.3 Å². The largest absolute Gasteiger partial charge is 0.394 e. The van der Waals surface area contributed by atoms with E-state index < -0.39 is 15.6 Å². The second-order valence-corrected chi connectivity index (χ2v) is 7.54. The molecule has 0 bridgehead atoms. The molecule has 2 heterocycles. The molecular formula is C10H16N4O5S2. The highest BCUT2D eigenvalue weighted by atomic mass is 32.2. The van der Waals surface area contributed by atoms with Gasteiger partial charge in [0, 0.05) is 20.1 Å². The molecule has 0 aliphatic carbocycles. The summed E-state index contributed by atoms with van der Waals surface area (Å²) in [5.41, 5.74) is -0.947. The predicted molar refractivity (Wildman–Crippen MR) is 74.4 cm³/mol. The van der Waals surface area contributed by atoms with Crippen LogP contribution in [0.25, 0.3) is 0 Å². The summed E-state index contributed by atoms with van der Waals surface area (Å²) >= 11 is 0.748. The van der Waals surface area contributed by atoms with Gasteiger partial charge in [0.05, 0.1) is 12.1 Å². The summed E-state index contributed by atoms with van der Waals surface area (Å²) in [6, 6.07) is 0. The van der Waals surface area contributed by atoms with Crippen molar-refractivity contribution in [1.29, 1.82) is 0 Å². The monoisotopic (exact) mass is 336 g/mol. The van der Waals surface area contributed by atoms with E-state index in [0.717, 1.165) is 11.3 Å². The zero-order valence-electron chi connectivity index (χ0n) is 11.3. The van der Waals surface area contributed by atoms with Crippen molar-refractivity contribution >= 4 is 32.4 Å². The van der Waals surface area contributed by atoms with E-state index in [1.165, 1.54) is 6.92 Å². The van der Waals surface area contributed by atoms with E-state index in [0.29, 0.717) is 26.1 Å². The summed E-state index contributed by atoms with van der Waals surface area (Å²) in [5.74, 6) is -0.362. The van der Waals surface area contributed by atoms with Gasteiger partial charge in [-0.1, -0.05) is 11.3 Å². The molecule has 11 heteroatoms. The van der Waals surface area contributed by atoms with Crippen LogP contribution in [0.5, 0.6) is 0 Å². The van der Waals surface area contributed by atoms with E-state index in [-0.39, 0.29) is 22.0 Å². The average molecular weight is 336 g/mol. The molecule has 1 aliphatic rings. The summed E-state index contributed by atoms with van der Waals surface area (Å²) in [7, 11) is -3.92. The van der Waals surface area contributed by atoms with Crippen LogP contribution in [0.1, 0.15) is 19.8 Å². The molecule has 1 fully saturated rings. The van der Waals surface area contributed by atoms with Gasteiger partial charge in [0.2, 0.25) is 15.4 Å². The van der Waals surface area contributed by atoms with Crippen molar-refractivity contribution in [3.8, 4) is 0 Å². The Bertz CT molecular complexity index is 609. The van der Waals surface area contributed by atoms with E-state index in [9.17, 15) is 18.3 Å². The lowest BCUT2D eigenvalue weighted by molar-refractivity contribution is -0.114. The number of sulfonamides is 1. The number of nitrogens with zero attached hydrogens (tertiary/aromatic N) is 2. The van der Waals surface area contributed by atoms with E-state index in [4.69, 9.17) is 4.74 Å². The molecule has 0 unspecified atom stereocenters. The lowest BCUT2D eigenvalue weighted by Crippen LogP contribution is -2.54. The van der Waals surface area contributed by atoms with Crippen molar-refractivity contribution in [2.45, 2.75) is 29.6 Å². The van der Waals surface area contributed by atoms with Gasteiger partial charge in [-0.2, -0.15) is 0 Å². The maximum Gasteiger partial charge on any atom is 0.270 e. The zero-order valence-corrected chi connectivity index (χ0v) is 13.0. The van der Waals surface area contributed by atoms with E-state index >= 15 is 0 Å². The number of aliphatic hydroxyl groups excluding tert-OH is 1. The molecule has 1 aliphatic heterocycles. The Morgan fingerprint density at radius 2 is 2.10 bits per heavy atom. The number of hydrogen-bond donors (Lipinski definition) is 3. The van der Waals surface area contributed by atoms with Crippen molar-refractivity contribution in [1.82, 2.24) is 14.9 Å². The Morgan fingerprint density at radius 1 is 1.43 bits per heavy atom. The van der Waals surface area contributed by atoms with Gasteiger partial charge >= 0.3 is 0 Å². The molecule has 118 valence electrons. The Balaban J connectivity index is 2.17. The van der Waals surface area contributed by atoms with Crippen molar-refractivity contribution in [2.75, 3.05) is 25.1 Å². The smallest absolute Gasteiger partial charge is 0.270 e. The number of hydrogen-bond acceptors (Lipinski definition) is 8. The fourth-order valence-electron chi connectivity index (χ4n) is 1.90. The zero-order chi connectivity index (χ0) is 15.5. The van der Waals surface area contributed by atoms with Gasteiger partial charge in [-0.05, 0) is 12.8 Å². The minimum atomic E-state index is -3.92. The maximum absolute atomic E-state index is 12.3. The highest BCUT2D eigenvalue weighted by molar-refractivity contribution is 7.91. The Kier molecular flexibility index (Phi) is 4.88. The third kappa shape index (κ3) is 3.95. The molecule has 0 radical (unpaired) electrons. The first kappa shape index (κ1) is 16.2. The number of carbonyl (C=O) groups is 1. The molecule has 0 aromatic carbocycles. The number of aliphatic hydroxyl groups is 1. The summed E-state index contributed by atoms with van der Waals surface area (Å²) in [5, 5.41) is 19.1. The number of ether oxygens (including phenoxy) is 1. The quantitative estimate of drug-likeness (QED) is 0.607. The molecule has 21 heavy (non-hydrogen) atoms. The molecular weight excluding hydrogens is 320 g/mol. The molecule has 0 atom stereocenters. The molecule has 2 rings (SSSR count). The number of amides is 1. The Labute approximate surface area is 125 Å². The van der Waals surface area contributed by atoms with E-state index in [1.807, 2.05) is 0 Å². The normalized spacial score (nSPS) is 18.4. The Hall–Kier alpha value is -1.14. The van der Waals surface area contributed by atoms with Gasteiger partial charge in [0.1, 0.15) is 0 Å². The number of aromatic nitrogens is 2. The molecule has 1 aromatic rings. The van der Waals surface area contributed by atoms with Gasteiger partial charge in [-0.3, -0.25) is 4.79 Å². The van der Waals surface area contributed by atoms with Crippen molar-refractivity contribution in [2.24, 2.45) is 0 Å². The maximum atomic E-state index is 12.3. The van der Waals surface area contributed by atoms with Crippen LogP contribution in [-0.4, -0.2) is 55.0 Å². The van der Waals surface area contributed by atoms with Crippen LogP contribution in [0.2, 0.25) is 0 Å². The lowest BCUT2D eigenvalue weighted by Gasteiger charge is -2.35. The van der Waals surface area contributed by atoms with Gasteiger partial charge in [0.15, 0.2) is 0 Å². The van der Waals surface area contributed by atoms with Gasteiger partial charge in [-0.15, -0.1) is 10.2 Å². The first-order chi connectivity index (χ1) is 9.87. The second-order valence-electron chi connectivity index (χ2n) is 4.71. The summed E-state index contributed by atoms with van der Waals surface area (Å²) in [6.45, 7) is 1.70. The Morgan fingerprint density at radius 3 is 2.67 bits per heavy atom. The highest BCUT2D eigenvalue weighted by Crippen LogP contribution is 2.25. The fraction of sp³-hybridized carbons (Fsp3) is 0.700. The van der Waals surface area contributed by atoms with Gasteiger partial charge in [-0.25, -0.2) is 13.1 Å². The van der Waals surface area contributed by atoms with Crippen LogP contribution in [-0.2, 0) is 19.6 Å². The summed E-state index contributed by atoms with van der Waals surface area (Å²) in [4.78, 5) is 10.9. The van der Waals surface area contributed by atoms with Gasteiger partial charge < -0.3 is 15.2 Å². The number of carbonyl (C=O) groups excluding carboxylic acids is 1. The first-order valence-electron chi connectivity index (χ1n) is 6.21. The highest BCUT2D eigenvalue weighted by Gasteiger charge is 2.37. The van der Waals surface area contributed by atoms with E-state index in [2.05, 4.69) is 20.2 Å². The van der Waals surface area contributed by atoms with Crippen LogP contribution in [0.15, 0.2) is 4.34 Å². The fourth-order valence-corrected chi connectivity index (χ4v) is 4.30. The van der Waals surface area contributed by atoms with Crippen molar-refractivity contribution in [3.05, 3.63) is 0 Å². The topological polar surface area (TPSA) is 131 Å². The first-order valence-corrected chi connectivity index (χ1v) is 8.51. The number of rotatable bonds is 5. The van der Waals surface area contributed by atoms with Crippen LogP contribution in [0.4, 0.5) is 5.13 Å². The molecule has 1 aromatic heterocycles. The molecule has 0 saturated carbocycles. The number of nitrogens with one attached hydrogen (secondary N) is 2. The van der Waals surface area contributed by atoms with Crippen molar-refractivity contribution < 1.29 is 23.1 Å². The standard InChI is InChI=1S/C10H16N4O5S2/c1-7(16)11-8-12-13-9(20-8)21(17,18)14-10(6-15)2-4-19-5-3-10/h14-15H,2-6H2,1H3,(H,11,12,16). The predicted octanol–water partition coefficient (Wildman–Crippen LogP) is -0.684. The van der Waals surface area contributed by atoms with Crippen LogP contribution in [0.3, 0.4) is 0 Å².